The highest BCUT2D eigenvalue weighted by molar-refractivity contribution is 5.93. The molecule has 2 aliphatic heterocycles. The first-order valence-corrected chi connectivity index (χ1v) is 9.80. The maximum absolute atomic E-state index is 13.8. The van der Waals surface area contributed by atoms with Crippen LogP contribution in [0.3, 0.4) is 0 Å². The van der Waals surface area contributed by atoms with Crippen LogP contribution in [-0.4, -0.2) is 45.8 Å². The predicted molar refractivity (Wildman–Crippen MR) is 103 cm³/mol. The van der Waals surface area contributed by atoms with Gasteiger partial charge >= 0.3 is 6.18 Å². The second-order valence-electron chi connectivity index (χ2n) is 7.73. The minimum atomic E-state index is -4.50. The molecular weight excluding hydrogens is 399 g/mol. The van der Waals surface area contributed by atoms with Crippen LogP contribution in [0, 0.1) is 5.92 Å². The Morgan fingerprint density at radius 3 is 2.40 bits per heavy atom. The first-order valence-electron chi connectivity index (χ1n) is 9.80. The summed E-state index contributed by atoms with van der Waals surface area (Å²) in [5.41, 5.74) is 6.00. The van der Waals surface area contributed by atoms with Crippen molar-refractivity contribution in [3.05, 3.63) is 47.7 Å². The maximum Gasteiger partial charge on any atom is 0.410 e. The third-order valence-electron chi connectivity index (χ3n) is 5.80. The number of halogens is 3. The van der Waals surface area contributed by atoms with Crippen molar-refractivity contribution in [2.45, 2.75) is 37.5 Å². The highest BCUT2D eigenvalue weighted by Crippen LogP contribution is 2.43. The maximum atomic E-state index is 13.8. The molecule has 2 atom stereocenters. The smallest absolute Gasteiger partial charge is 0.369 e. The van der Waals surface area contributed by atoms with Crippen LogP contribution in [0.5, 0.6) is 0 Å². The van der Waals surface area contributed by atoms with Crippen LogP contribution < -0.4 is 11.1 Å². The Bertz CT molecular complexity index is 936. The number of rotatable bonds is 3. The lowest BCUT2D eigenvalue weighted by Gasteiger charge is -2.33. The topological polar surface area (TPSA) is 93.3 Å². The summed E-state index contributed by atoms with van der Waals surface area (Å²) < 4.78 is 42.2. The zero-order valence-corrected chi connectivity index (χ0v) is 16.1. The first kappa shape index (κ1) is 20.2. The standard InChI is InChI=1S/C20H22F3N5O2/c21-20(22,23)16-10-14(12-4-2-1-3-5-12)25-17-11-15(26-28(16)17)19(30)27-8-6-13(7-9-27)18(24)29/h1-5,11,13-14,16,25H,6-10H2,(H2,24,29)/t14-,16-/m1/s1. The molecule has 0 unspecified atom stereocenters. The summed E-state index contributed by atoms with van der Waals surface area (Å²) in [4.78, 5) is 25.6. The molecule has 0 radical (unpaired) electrons. The number of amides is 2. The van der Waals surface area contributed by atoms with Crippen LogP contribution in [0.2, 0.25) is 0 Å². The second-order valence-corrected chi connectivity index (χ2v) is 7.73. The van der Waals surface area contributed by atoms with Gasteiger partial charge in [0.2, 0.25) is 5.91 Å². The summed E-state index contributed by atoms with van der Waals surface area (Å²) in [6.07, 6.45) is -3.85. The number of fused-ring (bicyclic) bond motifs is 1. The van der Waals surface area contributed by atoms with Crippen molar-refractivity contribution in [3.63, 3.8) is 0 Å². The van der Waals surface area contributed by atoms with Crippen LogP contribution in [0.1, 0.15) is 47.4 Å². The molecule has 0 aliphatic carbocycles. The van der Waals surface area contributed by atoms with Crippen molar-refractivity contribution in [1.29, 1.82) is 0 Å². The van der Waals surface area contributed by atoms with E-state index in [1.54, 1.807) is 30.3 Å². The van der Waals surface area contributed by atoms with Gasteiger partial charge in [-0.2, -0.15) is 18.3 Å². The molecule has 1 aromatic carbocycles. The van der Waals surface area contributed by atoms with Gasteiger partial charge in [0.15, 0.2) is 11.7 Å². The van der Waals surface area contributed by atoms with Crippen LogP contribution in [0.25, 0.3) is 0 Å². The lowest BCUT2D eigenvalue weighted by atomic mass is 9.96. The van der Waals surface area contributed by atoms with E-state index in [2.05, 4.69) is 10.4 Å². The van der Waals surface area contributed by atoms with Crippen molar-refractivity contribution < 1.29 is 22.8 Å². The molecule has 1 saturated heterocycles. The molecule has 3 heterocycles. The fraction of sp³-hybridized carbons (Fsp3) is 0.450. The van der Waals surface area contributed by atoms with Gasteiger partial charge in [-0.25, -0.2) is 4.68 Å². The van der Waals surface area contributed by atoms with Crippen LogP contribution in [0.15, 0.2) is 36.4 Å². The number of nitrogens with one attached hydrogen (secondary N) is 1. The van der Waals surface area contributed by atoms with E-state index in [9.17, 15) is 22.8 Å². The molecule has 1 aromatic heterocycles. The van der Waals surface area contributed by atoms with Crippen LogP contribution in [-0.2, 0) is 4.79 Å². The Hall–Kier alpha value is -3.04. The number of nitrogens with two attached hydrogens (primary N) is 1. The van der Waals surface area contributed by atoms with Gasteiger partial charge in [0.1, 0.15) is 5.82 Å². The summed E-state index contributed by atoms with van der Waals surface area (Å²) in [6.45, 7) is 0.634. The Kier molecular flexibility index (Phi) is 5.17. The minimum absolute atomic E-state index is 0.0435. The van der Waals surface area contributed by atoms with E-state index in [1.165, 1.54) is 11.0 Å². The number of likely N-dealkylation sites (tertiary alicyclic amines) is 1. The monoisotopic (exact) mass is 421 g/mol. The predicted octanol–water partition coefficient (Wildman–Crippen LogP) is 2.88. The number of carbonyl (C=O) groups is 2. The number of anilines is 1. The van der Waals surface area contributed by atoms with E-state index in [4.69, 9.17) is 5.73 Å². The number of piperidine rings is 1. The molecule has 0 spiro atoms. The molecule has 0 bridgehead atoms. The van der Waals surface area contributed by atoms with Crippen molar-refractivity contribution in [2.75, 3.05) is 18.4 Å². The molecule has 3 N–H and O–H groups in total. The van der Waals surface area contributed by atoms with Crippen molar-refractivity contribution in [2.24, 2.45) is 11.7 Å². The van der Waals surface area contributed by atoms with Gasteiger partial charge in [0.25, 0.3) is 5.91 Å². The number of carbonyl (C=O) groups excluding carboxylic acids is 2. The summed E-state index contributed by atoms with van der Waals surface area (Å²) in [5, 5.41) is 7.09. The number of hydrogen-bond acceptors (Lipinski definition) is 4. The van der Waals surface area contributed by atoms with E-state index in [1.807, 2.05) is 0 Å². The van der Waals surface area contributed by atoms with E-state index in [-0.39, 0.29) is 23.9 Å². The van der Waals surface area contributed by atoms with E-state index in [0.717, 1.165) is 10.2 Å². The molecule has 10 heteroatoms. The normalized spacial score (nSPS) is 22.3. The van der Waals surface area contributed by atoms with Gasteiger partial charge in [-0.15, -0.1) is 0 Å². The quantitative estimate of drug-likeness (QED) is 0.797. The SMILES string of the molecule is NC(=O)C1CCN(C(=O)c2cc3n(n2)[C@@H](C(F)(F)F)C[C@H](c2ccccc2)N3)CC1. The summed E-state index contributed by atoms with van der Waals surface area (Å²) in [5.74, 6) is -0.970. The van der Waals surface area contributed by atoms with Gasteiger partial charge in [-0.05, 0) is 18.4 Å². The van der Waals surface area contributed by atoms with Gasteiger partial charge in [-0.3, -0.25) is 9.59 Å². The summed E-state index contributed by atoms with van der Waals surface area (Å²) in [7, 11) is 0. The Balaban J connectivity index is 1.58. The van der Waals surface area contributed by atoms with Gasteiger partial charge in [0.05, 0.1) is 6.04 Å². The number of alkyl halides is 3. The van der Waals surface area contributed by atoms with Crippen LogP contribution >= 0.6 is 0 Å². The molecule has 4 rings (SSSR count). The lowest BCUT2D eigenvalue weighted by molar-refractivity contribution is -0.173. The summed E-state index contributed by atoms with van der Waals surface area (Å²) >= 11 is 0. The number of aromatic nitrogens is 2. The molecule has 2 aliphatic rings. The van der Waals surface area contributed by atoms with E-state index >= 15 is 0 Å². The lowest BCUT2D eigenvalue weighted by Crippen LogP contribution is -2.42. The average Bonchev–Trinajstić information content (AvgIpc) is 3.16. The zero-order valence-electron chi connectivity index (χ0n) is 16.1. The molecule has 0 saturated carbocycles. The number of nitrogens with zero attached hydrogens (tertiary/aromatic N) is 3. The second kappa shape index (κ2) is 7.66. The number of primary amides is 1. The molecule has 1 fully saturated rings. The van der Waals surface area contributed by atoms with Crippen molar-refractivity contribution >= 4 is 17.6 Å². The minimum Gasteiger partial charge on any atom is -0.369 e. The largest absolute Gasteiger partial charge is 0.410 e. The number of benzene rings is 1. The molecule has 160 valence electrons. The van der Waals surface area contributed by atoms with Gasteiger partial charge < -0.3 is 16.0 Å². The van der Waals surface area contributed by atoms with Gasteiger partial charge in [0, 0.05) is 31.5 Å². The van der Waals surface area contributed by atoms with Crippen molar-refractivity contribution in [3.8, 4) is 0 Å². The fourth-order valence-electron chi connectivity index (χ4n) is 4.11. The van der Waals surface area contributed by atoms with E-state index in [0.29, 0.717) is 25.9 Å². The summed E-state index contributed by atoms with van der Waals surface area (Å²) in [6, 6.07) is 7.88. The Morgan fingerprint density at radius 1 is 1.13 bits per heavy atom. The number of hydrogen-bond donors (Lipinski definition) is 2. The van der Waals surface area contributed by atoms with E-state index < -0.39 is 30.1 Å². The zero-order chi connectivity index (χ0) is 21.5. The first-order chi connectivity index (χ1) is 14.2. The molecule has 7 nitrogen and oxygen atoms in total. The third kappa shape index (κ3) is 3.86. The average molecular weight is 421 g/mol. The van der Waals surface area contributed by atoms with Crippen molar-refractivity contribution in [1.82, 2.24) is 14.7 Å². The molecule has 2 aromatic rings. The molecule has 2 amide bonds. The Labute approximate surface area is 171 Å². The molecular formula is C20H22F3N5O2. The van der Waals surface area contributed by atoms with Gasteiger partial charge in [-0.1, -0.05) is 30.3 Å². The third-order valence-corrected chi connectivity index (χ3v) is 5.80. The molecule has 30 heavy (non-hydrogen) atoms. The highest BCUT2D eigenvalue weighted by atomic mass is 19.4. The highest BCUT2D eigenvalue weighted by Gasteiger charge is 2.47. The van der Waals surface area contributed by atoms with Crippen LogP contribution in [0.4, 0.5) is 19.0 Å². The Morgan fingerprint density at radius 2 is 1.80 bits per heavy atom. The fourth-order valence-corrected chi connectivity index (χ4v) is 4.11.